The maximum absolute atomic E-state index is 10.0. The Bertz CT molecular complexity index is 425. The molecule has 2 aliphatic heterocycles. The number of aliphatic hydroxyl groups is 1. The topological polar surface area (TPSA) is 38.7 Å². The van der Waals surface area contributed by atoms with Gasteiger partial charge in [0.2, 0.25) is 0 Å². The van der Waals surface area contributed by atoms with Gasteiger partial charge in [-0.1, -0.05) is 30.3 Å². The Kier molecular flexibility index (Phi) is 4.36. The van der Waals surface area contributed by atoms with Crippen LogP contribution in [0, 0.1) is 0 Å². The highest BCUT2D eigenvalue weighted by atomic mass is 16.3. The second-order valence-electron chi connectivity index (χ2n) is 6.09. The molecule has 1 unspecified atom stereocenters. The number of β-amino-alcohol motifs (C(OH)–C–C–N with tert-alkyl or cyclic N) is 1. The lowest BCUT2D eigenvalue weighted by atomic mass is 10.1. The van der Waals surface area contributed by atoms with E-state index in [9.17, 15) is 5.11 Å². The maximum atomic E-state index is 10.0. The number of nitrogens with zero attached hydrogens (tertiary/aromatic N) is 2. The first-order valence-corrected chi connectivity index (χ1v) is 7.65. The average Bonchev–Trinajstić information content (AvgIpc) is 2.88. The molecule has 110 valence electrons. The summed E-state index contributed by atoms with van der Waals surface area (Å²) in [6.07, 6.45) is -0.206. The van der Waals surface area contributed by atoms with Crippen molar-refractivity contribution in [3.8, 4) is 0 Å². The fourth-order valence-electron chi connectivity index (χ4n) is 3.40. The van der Waals surface area contributed by atoms with Crippen LogP contribution in [0.5, 0.6) is 0 Å². The van der Waals surface area contributed by atoms with Crippen molar-refractivity contribution in [3.63, 3.8) is 0 Å². The molecular weight excluding hydrogens is 250 g/mol. The van der Waals surface area contributed by atoms with E-state index < -0.39 is 0 Å². The zero-order valence-corrected chi connectivity index (χ0v) is 12.2. The third-order valence-corrected chi connectivity index (χ3v) is 4.65. The standard InChI is InChI=1S/C16H25N3O/c1-13-11-19(15-9-17-10-16(15)20)8-7-18(13)12-14-5-3-2-4-6-14/h2-6,13,15-17,20H,7-12H2,1H3/t13?,15-,16-/m1/s1. The highest BCUT2D eigenvalue weighted by molar-refractivity contribution is 5.14. The van der Waals surface area contributed by atoms with Gasteiger partial charge in [-0.3, -0.25) is 9.80 Å². The summed E-state index contributed by atoms with van der Waals surface area (Å²) in [6, 6.07) is 11.5. The van der Waals surface area contributed by atoms with Crippen molar-refractivity contribution >= 4 is 0 Å². The molecule has 0 radical (unpaired) electrons. The van der Waals surface area contributed by atoms with Gasteiger partial charge in [0.05, 0.1) is 6.10 Å². The lowest BCUT2D eigenvalue weighted by Gasteiger charge is -2.43. The summed E-state index contributed by atoms with van der Waals surface area (Å²) in [6.45, 7) is 8.18. The Hall–Kier alpha value is -0.940. The molecule has 2 saturated heterocycles. The molecule has 2 fully saturated rings. The minimum absolute atomic E-state index is 0.206. The molecule has 0 bridgehead atoms. The molecule has 2 heterocycles. The molecule has 4 nitrogen and oxygen atoms in total. The third kappa shape index (κ3) is 3.04. The van der Waals surface area contributed by atoms with Crippen LogP contribution >= 0.6 is 0 Å². The first kappa shape index (κ1) is 14.0. The largest absolute Gasteiger partial charge is 0.390 e. The average molecular weight is 275 g/mol. The monoisotopic (exact) mass is 275 g/mol. The van der Waals surface area contributed by atoms with E-state index in [0.717, 1.165) is 39.3 Å². The van der Waals surface area contributed by atoms with E-state index in [1.807, 2.05) is 0 Å². The number of nitrogens with one attached hydrogen (secondary N) is 1. The van der Waals surface area contributed by atoms with Crippen LogP contribution < -0.4 is 5.32 Å². The molecule has 1 aromatic rings. The Morgan fingerprint density at radius 1 is 1.20 bits per heavy atom. The van der Waals surface area contributed by atoms with Crippen LogP contribution in [-0.2, 0) is 6.54 Å². The third-order valence-electron chi connectivity index (χ3n) is 4.65. The first-order valence-electron chi connectivity index (χ1n) is 7.65. The van der Waals surface area contributed by atoms with E-state index >= 15 is 0 Å². The Morgan fingerprint density at radius 3 is 2.65 bits per heavy atom. The molecule has 4 heteroatoms. The van der Waals surface area contributed by atoms with Crippen molar-refractivity contribution in [2.24, 2.45) is 0 Å². The second kappa shape index (κ2) is 6.22. The molecule has 0 saturated carbocycles. The normalized spacial score (nSPS) is 32.6. The van der Waals surface area contributed by atoms with Crippen molar-refractivity contribution < 1.29 is 5.11 Å². The summed E-state index contributed by atoms with van der Waals surface area (Å²) in [5.74, 6) is 0. The number of rotatable bonds is 3. The lowest BCUT2D eigenvalue weighted by Crippen LogP contribution is -2.56. The number of hydrogen-bond acceptors (Lipinski definition) is 4. The summed E-state index contributed by atoms with van der Waals surface area (Å²) in [4.78, 5) is 5.00. The highest BCUT2D eigenvalue weighted by Crippen LogP contribution is 2.18. The Morgan fingerprint density at radius 2 is 2.00 bits per heavy atom. The van der Waals surface area contributed by atoms with Gasteiger partial charge in [0.15, 0.2) is 0 Å². The van der Waals surface area contributed by atoms with E-state index in [0.29, 0.717) is 12.1 Å². The Labute approximate surface area is 121 Å². The smallest absolute Gasteiger partial charge is 0.0831 e. The van der Waals surface area contributed by atoms with E-state index in [1.54, 1.807) is 0 Å². The fraction of sp³-hybridized carbons (Fsp3) is 0.625. The van der Waals surface area contributed by atoms with Crippen LogP contribution in [0.3, 0.4) is 0 Å². The highest BCUT2D eigenvalue weighted by Gasteiger charge is 2.34. The molecule has 0 aromatic heterocycles. The number of hydrogen-bond donors (Lipinski definition) is 2. The van der Waals surface area contributed by atoms with Crippen LogP contribution in [0.4, 0.5) is 0 Å². The quantitative estimate of drug-likeness (QED) is 0.844. The second-order valence-corrected chi connectivity index (χ2v) is 6.09. The molecule has 0 aliphatic carbocycles. The van der Waals surface area contributed by atoms with E-state index in [2.05, 4.69) is 52.4 Å². The molecule has 0 amide bonds. The summed E-state index contributed by atoms with van der Waals surface area (Å²) >= 11 is 0. The summed E-state index contributed by atoms with van der Waals surface area (Å²) in [7, 11) is 0. The summed E-state index contributed by atoms with van der Waals surface area (Å²) < 4.78 is 0. The van der Waals surface area contributed by atoms with Crippen LogP contribution in [0.25, 0.3) is 0 Å². The van der Waals surface area contributed by atoms with Gasteiger partial charge in [-0.05, 0) is 12.5 Å². The van der Waals surface area contributed by atoms with Gasteiger partial charge in [-0.2, -0.15) is 0 Å². The number of piperazine rings is 1. The predicted octanol–water partition coefficient (Wildman–Crippen LogP) is 0.525. The molecule has 0 spiro atoms. The molecule has 20 heavy (non-hydrogen) atoms. The Balaban J connectivity index is 1.57. The van der Waals surface area contributed by atoms with E-state index in [4.69, 9.17) is 0 Å². The lowest BCUT2D eigenvalue weighted by molar-refractivity contribution is 0.0174. The zero-order chi connectivity index (χ0) is 13.9. The van der Waals surface area contributed by atoms with Gasteiger partial charge >= 0.3 is 0 Å². The van der Waals surface area contributed by atoms with Gasteiger partial charge in [0, 0.05) is 51.4 Å². The minimum atomic E-state index is -0.206. The molecule has 2 N–H and O–H groups in total. The van der Waals surface area contributed by atoms with Crippen LogP contribution in [0.2, 0.25) is 0 Å². The van der Waals surface area contributed by atoms with Gasteiger partial charge in [-0.15, -0.1) is 0 Å². The SMILES string of the molecule is CC1CN([C@@H]2CNC[C@H]2O)CCN1Cc1ccccc1. The minimum Gasteiger partial charge on any atom is -0.390 e. The number of benzene rings is 1. The molecule has 3 rings (SSSR count). The van der Waals surface area contributed by atoms with Gasteiger partial charge < -0.3 is 10.4 Å². The van der Waals surface area contributed by atoms with Crippen molar-refractivity contribution in [1.29, 1.82) is 0 Å². The van der Waals surface area contributed by atoms with E-state index in [1.165, 1.54) is 5.56 Å². The van der Waals surface area contributed by atoms with Crippen molar-refractivity contribution in [3.05, 3.63) is 35.9 Å². The number of aliphatic hydroxyl groups excluding tert-OH is 1. The molecule has 1 aromatic carbocycles. The van der Waals surface area contributed by atoms with Crippen molar-refractivity contribution in [1.82, 2.24) is 15.1 Å². The van der Waals surface area contributed by atoms with Crippen molar-refractivity contribution in [2.75, 3.05) is 32.7 Å². The maximum Gasteiger partial charge on any atom is 0.0831 e. The zero-order valence-electron chi connectivity index (χ0n) is 12.2. The van der Waals surface area contributed by atoms with Crippen LogP contribution in [0.15, 0.2) is 30.3 Å². The van der Waals surface area contributed by atoms with Crippen LogP contribution in [0.1, 0.15) is 12.5 Å². The summed E-state index contributed by atoms with van der Waals surface area (Å²) in [5.41, 5.74) is 1.38. The summed E-state index contributed by atoms with van der Waals surface area (Å²) in [5, 5.41) is 13.3. The molecule has 2 aliphatic rings. The molecular formula is C16H25N3O. The van der Waals surface area contributed by atoms with Gasteiger partial charge in [-0.25, -0.2) is 0 Å². The van der Waals surface area contributed by atoms with Crippen LogP contribution in [-0.4, -0.2) is 65.8 Å². The fourth-order valence-corrected chi connectivity index (χ4v) is 3.40. The molecule has 3 atom stereocenters. The van der Waals surface area contributed by atoms with E-state index in [-0.39, 0.29) is 6.10 Å². The van der Waals surface area contributed by atoms with Gasteiger partial charge in [0.25, 0.3) is 0 Å². The first-order chi connectivity index (χ1) is 9.74. The van der Waals surface area contributed by atoms with Gasteiger partial charge in [0.1, 0.15) is 0 Å². The predicted molar refractivity (Wildman–Crippen MR) is 80.6 cm³/mol. The van der Waals surface area contributed by atoms with Crippen molar-refractivity contribution in [2.45, 2.75) is 31.7 Å².